The van der Waals surface area contributed by atoms with Crippen LogP contribution >= 0.6 is 0 Å². The van der Waals surface area contributed by atoms with Crippen LogP contribution in [0.1, 0.15) is 25.0 Å². The Labute approximate surface area is 166 Å². The number of morpholine rings is 1. The molecule has 1 fully saturated rings. The van der Waals surface area contributed by atoms with Crippen LogP contribution in [0.3, 0.4) is 0 Å². The molecule has 148 valence electrons. The van der Waals surface area contributed by atoms with E-state index in [2.05, 4.69) is 29.0 Å². The van der Waals surface area contributed by atoms with Crippen molar-refractivity contribution in [2.45, 2.75) is 32.6 Å². The number of nitrogens with zero attached hydrogens (tertiary/aromatic N) is 2. The summed E-state index contributed by atoms with van der Waals surface area (Å²) >= 11 is 0. The summed E-state index contributed by atoms with van der Waals surface area (Å²) in [4.78, 5) is 18.8. The first-order valence-electron chi connectivity index (χ1n) is 9.49. The fourth-order valence-electron chi connectivity index (χ4n) is 3.24. The lowest BCUT2D eigenvalue weighted by molar-refractivity contribution is -0.116. The summed E-state index contributed by atoms with van der Waals surface area (Å²) in [5.74, 6) is 1.55. The van der Waals surface area contributed by atoms with Crippen LogP contribution < -0.4 is 15.0 Å². The van der Waals surface area contributed by atoms with E-state index in [1.807, 2.05) is 42.6 Å². The molecule has 1 saturated heterocycles. The molecule has 0 saturated carbocycles. The van der Waals surface area contributed by atoms with Gasteiger partial charge in [-0.05, 0) is 49.2 Å². The molecule has 6 nitrogen and oxygen atoms in total. The lowest BCUT2D eigenvalue weighted by Gasteiger charge is -2.36. The Hall–Kier alpha value is -2.86. The minimum atomic E-state index is -0.150. The van der Waals surface area contributed by atoms with Crippen LogP contribution in [0.4, 0.5) is 5.82 Å². The average molecular weight is 381 g/mol. The Balaban J connectivity index is 1.51. The van der Waals surface area contributed by atoms with E-state index in [4.69, 9.17) is 9.47 Å². The highest BCUT2D eigenvalue weighted by atomic mass is 16.5. The van der Waals surface area contributed by atoms with Gasteiger partial charge in [-0.1, -0.05) is 18.2 Å². The van der Waals surface area contributed by atoms with Gasteiger partial charge in [0.2, 0.25) is 5.91 Å². The number of hydrogen-bond donors (Lipinski definition) is 1. The van der Waals surface area contributed by atoms with E-state index in [-0.39, 0.29) is 18.1 Å². The number of carbonyl (C=O) groups excluding carboxylic acids is 1. The highest BCUT2D eigenvalue weighted by molar-refractivity contribution is 5.91. The first-order chi connectivity index (χ1) is 13.5. The third-order valence-corrected chi connectivity index (χ3v) is 4.54. The molecule has 0 radical (unpaired) electrons. The number of rotatable bonds is 6. The molecule has 3 rings (SSSR count). The Morgan fingerprint density at radius 2 is 2.07 bits per heavy atom. The normalized spacial score (nSPS) is 19.6. The van der Waals surface area contributed by atoms with Gasteiger partial charge in [-0.25, -0.2) is 4.98 Å². The molecule has 2 atom stereocenters. The third-order valence-electron chi connectivity index (χ3n) is 4.54. The van der Waals surface area contributed by atoms with Gasteiger partial charge < -0.3 is 19.7 Å². The number of aromatic nitrogens is 1. The number of pyridine rings is 1. The first-order valence-corrected chi connectivity index (χ1v) is 9.49. The molecule has 0 spiro atoms. The summed E-state index contributed by atoms with van der Waals surface area (Å²) in [6, 6.07) is 11.5. The number of nitrogens with one attached hydrogen (secondary N) is 1. The summed E-state index contributed by atoms with van der Waals surface area (Å²) < 4.78 is 10.9. The van der Waals surface area contributed by atoms with Gasteiger partial charge in [-0.15, -0.1) is 0 Å². The molecule has 1 aromatic carbocycles. The van der Waals surface area contributed by atoms with Gasteiger partial charge in [-0.2, -0.15) is 0 Å². The number of methoxy groups -OCH3 is 1. The smallest absolute Gasteiger partial charge is 0.244 e. The van der Waals surface area contributed by atoms with E-state index in [9.17, 15) is 4.79 Å². The van der Waals surface area contributed by atoms with Gasteiger partial charge in [0, 0.05) is 31.9 Å². The standard InChI is InChI=1S/C22H27N3O3/c1-16-14-25(15-17(2)28-16)21-9-7-19(12-23-21)13-24-22(26)10-8-18-5-4-6-20(11-18)27-3/h4-12,16-17H,13-15H2,1-3H3,(H,24,26)/b10-8+. The predicted molar refractivity (Wildman–Crippen MR) is 110 cm³/mol. The molecule has 1 amide bonds. The number of benzene rings is 1. The van der Waals surface area contributed by atoms with E-state index in [0.29, 0.717) is 6.54 Å². The quantitative estimate of drug-likeness (QED) is 0.780. The highest BCUT2D eigenvalue weighted by Gasteiger charge is 2.22. The molecule has 2 heterocycles. The van der Waals surface area contributed by atoms with E-state index in [1.54, 1.807) is 13.2 Å². The van der Waals surface area contributed by atoms with Crippen LogP contribution in [-0.2, 0) is 16.1 Å². The van der Waals surface area contributed by atoms with Gasteiger partial charge in [-0.3, -0.25) is 4.79 Å². The van der Waals surface area contributed by atoms with Gasteiger partial charge >= 0.3 is 0 Å². The summed E-state index contributed by atoms with van der Waals surface area (Å²) in [5, 5.41) is 2.88. The maximum atomic E-state index is 12.1. The summed E-state index contributed by atoms with van der Waals surface area (Å²) in [6.07, 6.45) is 5.49. The molecule has 0 aliphatic carbocycles. The van der Waals surface area contributed by atoms with E-state index < -0.39 is 0 Å². The van der Waals surface area contributed by atoms with Crippen molar-refractivity contribution in [1.29, 1.82) is 0 Å². The third kappa shape index (κ3) is 5.57. The zero-order valence-corrected chi connectivity index (χ0v) is 16.6. The minimum absolute atomic E-state index is 0.150. The number of carbonyl (C=O) groups is 1. The summed E-state index contributed by atoms with van der Waals surface area (Å²) in [7, 11) is 1.62. The van der Waals surface area contributed by atoms with Gasteiger partial charge in [0.05, 0.1) is 19.3 Å². The van der Waals surface area contributed by atoms with Gasteiger partial charge in [0.15, 0.2) is 0 Å². The molecular formula is C22H27N3O3. The van der Waals surface area contributed by atoms with Crippen molar-refractivity contribution in [2.75, 3.05) is 25.1 Å². The molecular weight excluding hydrogens is 354 g/mol. The number of hydrogen-bond acceptors (Lipinski definition) is 5. The summed E-state index contributed by atoms with van der Waals surface area (Å²) in [6.45, 7) is 6.26. The van der Waals surface area contributed by atoms with Crippen LogP contribution in [0.15, 0.2) is 48.7 Å². The average Bonchev–Trinajstić information content (AvgIpc) is 2.70. The van der Waals surface area contributed by atoms with Gasteiger partial charge in [0.1, 0.15) is 11.6 Å². The van der Waals surface area contributed by atoms with Crippen molar-refractivity contribution in [2.24, 2.45) is 0 Å². The molecule has 1 aromatic heterocycles. The SMILES string of the molecule is COc1cccc(/C=C/C(=O)NCc2ccc(N3CC(C)OC(C)C3)nc2)c1. The largest absolute Gasteiger partial charge is 0.497 e. The molecule has 1 aliphatic rings. The number of anilines is 1. The summed E-state index contributed by atoms with van der Waals surface area (Å²) in [5.41, 5.74) is 1.87. The molecule has 6 heteroatoms. The Morgan fingerprint density at radius 3 is 2.75 bits per heavy atom. The fraction of sp³-hybridized carbons (Fsp3) is 0.364. The molecule has 28 heavy (non-hydrogen) atoms. The van der Waals surface area contributed by atoms with Crippen LogP contribution in [0, 0.1) is 0 Å². The second kappa shape index (κ2) is 9.37. The molecule has 2 unspecified atom stereocenters. The van der Waals surface area contributed by atoms with Crippen LogP contribution in [0.5, 0.6) is 5.75 Å². The van der Waals surface area contributed by atoms with Crippen LogP contribution in [0.25, 0.3) is 6.08 Å². The van der Waals surface area contributed by atoms with Crippen molar-refractivity contribution in [1.82, 2.24) is 10.3 Å². The Morgan fingerprint density at radius 1 is 1.29 bits per heavy atom. The van der Waals surface area contributed by atoms with Crippen molar-refractivity contribution in [3.05, 3.63) is 59.8 Å². The van der Waals surface area contributed by atoms with E-state index in [1.165, 1.54) is 6.08 Å². The van der Waals surface area contributed by atoms with Crippen molar-refractivity contribution in [3.8, 4) is 5.75 Å². The zero-order valence-electron chi connectivity index (χ0n) is 16.6. The van der Waals surface area contributed by atoms with Crippen molar-refractivity contribution < 1.29 is 14.3 Å². The Bertz CT molecular complexity index is 810. The maximum absolute atomic E-state index is 12.1. The molecule has 1 N–H and O–H groups in total. The molecule has 1 aliphatic heterocycles. The van der Waals surface area contributed by atoms with Crippen LogP contribution in [-0.4, -0.2) is 43.3 Å². The monoisotopic (exact) mass is 381 g/mol. The lowest BCUT2D eigenvalue weighted by atomic mass is 10.2. The van der Waals surface area contributed by atoms with Gasteiger partial charge in [0.25, 0.3) is 0 Å². The number of amides is 1. The van der Waals surface area contributed by atoms with Crippen LogP contribution in [0.2, 0.25) is 0 Å². The number of ether oxygens (including phenoxy) is 2. The van der Waals surface area contributed by atoms with Crippen molar-refractivity contribution >= 4 is 17.8 Å². The van der Waals surface area contributed by atoms with E-state index >= 15 is 0 Å². The second-order valence-electron chi connectivity index (χ2n) is 7.01. The lowest BCUT2D eigenvalue weighted by Crippen LogP contribution is -2.45. The predicted octanol–water partition coefficient (Wildman–Crippen LogP) is 3.03. The van der Waals surface area contributed by atoms with Crippen molar-refractivity contribution in [3.63, 3.8) is 0 Å². The van der Waals surface area contributed by atoms with E-state index in [0.717, 1.165) is 35.8 Å². The Kier molecular flexibility index (Phi) is 6.66. The minimum Gasteiger partial charge on any atom is -0.497 e. The zero-order chi connectivity index (χ0) is 19.9. The highest BCUT2D eigenvalue weighted by Crippen LogP contribution is 2.18. The first kappa shape index (κ1) is 19.9. The molecule has 0 bridgehead atoms. The topological polar surface area (TPSA) is 63.7 Å². The maximum Gasteiger partial charge on any atom is 0.244 e. The fourth-order valence-corrected chi connectivity index (χ4v) is 3.24. The molecule has 2 aromatic rings. The second-order valence-corrected chi connectivity index (χ2v) is 7.01.